The van der Waals surface area contributed by atoms with Gasteiger partial charge in [0.15, 0.2) is 0 Å². The van der Waals surface area contributed by atoms with E-state index in [4.69, 9.17) is 0 Å². The van der Waals surface area contributed by atoms with Crippen molar-refractivity contribution in [3.05, 3.63) is 47.3 Å². The van der Waals surface area contributed by atoms with E-state index in [1.54, 1.807) is 23.1 Å². The summed E-state index contributed by atoms with van der Waals surface area (Å²) >= 11 is 0. The molecule has 1 aliphatic rings. The van der Waals surface area contributed by atoms with Crippen LogP contribution in [0.25, 0.3) is 0 Å². The Morgan fingerprint density at radius 3 is 2.26 bits per heavy atom. The molecule has 0 spiro atoms. The molecule has 0 bridgehead atoms. The molecule has 0 aliphatic carbocycles. The Hall–Kier alpha value is -2.52. The van der Waals surface area contributed by atoms with Crippen LogP contribution in [0.1, 0.15) is 21.7 Å². The van der Waals surface area contributed by atoms with Crippen molar-refractivity contribution in [3.8, 4) is 0 Å². The number of amides is 1. The number of carbonyl (C=O) groups is 1. The first-order valence-corrected chi connectivity index (χ1v) is 10.5. The van der Waals surface area contributed by atoms with E-state index in [0.29, 0.717) is 37.7 Å². The van der Waals surface area contributed by atoms with Gasteiger partial charge in [-0.25, -0.2) is 18.4 Å². The van der Waals surface area contributed by atoms with E-state index < -0.39 is 10.0 Å². The molecular weight excluding hydrogens is 366 g/mol. The van der Waals surface area contributed by atoms with Crippen molar-refractivity contribution in [1.29, 1.82) is 0 Å². The molecule has 2 aromatic rings. The summed E-state index contributed by atoms with van der Waals surface area (Å²) < 4.78 is 24.6. The molecular formula is C18H23N5O3S. The summed E-state index contributed by atoms with van der Waals surface area (Å²) in [5.74, 6) is 0.368. The normalized spacial score (nSPS) is 15.6. The second-order valence-corrected chi connectivity index (χ2v) is 8.62. The maximum Gasteiger partial charge on any atom is 0.254 e. The highest BCUT2D eigenvalue weighted by molar-refractivity contribution is 7.88. The first-order chi connectivity index (χ1) is 12.7. The lowest BCUT2D eigenvalue weighted by Gasteiger charge is -2.33. The predicted octanol–water partition coefficient (Wildman–Crippen LogP) is 1.55. The molecule has 1 saturated heterocycles. The van der Waals surface area contributed by atoms with Crippen LogP contribution in [0, 0.1) is 13.8 Å². The summed E-state index contributed by atoms with van der Waals surface area (Å²) in [6.07, 6.45) is 1.19. The van der Waals surface area contributed by atoms with E-state index in [1.807, 2.05) is 26.0 Å². The second kappa shape index (κ2) is 7.61. The van der Waals surface area contributed by atoms with Crippen LogP contribution >= 0.6 is 0 Å². The zero-order chi connectivity index (χ0) is 19.6. The molecule has 0 saturated carbocycles. The van der Waals surface area contributed by atoms with Gasteiger partial charge in [-0.1, -0.05) is 6.07 Å². The molecule has 3 rings (SSSR count). The Morgan fingerprint density at radius 1 is 1.04 bits per heavy atom. The zero-order valence-corrected chi connectivity index (χ0v) is 16.5. The van der Waals surface area contributed by atoms with Crippen LogP contribution in [0.2, 0.25) is 0 Å². The molecule has 0 unspecified atom stereocenters. The second-order valence-electron chi connectivity index (χ2n) is 6.63. The number of nitrogens with one attached hydrogen (secondary N) is 1. The third-order valence-electron chi connectivity index (χ3n) is 4.34. The van der Waals surface area contributed by atoms with Gasteiger partial charge in [0, 0.05) is 48.8 Å². The summed E-state index contributed by atoms with van der Waals surface area (Å²) in [7, 11) is -3.22. The average molecular weight is 389 g/mol. The van der Waals surface area contributed by atoms with Crippen LogP contribution in [0.3, 0.4) is 0 Å². The summed E-state index contributed by atoms with van der Waals surface area (Å²) in [6, 6.07) is 9.04. The van der Waals surface area contributed by atoms with Crippen LogP contribution in [-0.2, 0) is 10.0 Å². The van der Waals surface area contributed by atoms with Crippen molar-refractivity contribution in [1.82, 2.24) is 19.2 Å². The molecule has 1 aromatic carbocycles. The smallest absolute Gasteiger partial charge is 0.254 e. The Kier molecular flexibility index (Phi) is 5.43. The van der Waals surface area contributed by atoms with Crippen LogP contribution < -0.4 is 5.32 Å². The van der Waals surface area contributed by atoms with Gasteiger partial charge >= 0.3 is 0 Å². The summed E-state index contributed by atoms with van der Waals surface area (Å²) in [4.78, 5) is 23.1. The fourth-order valence-corrected chi connectivity index (χ4v) is 3.87. The molecule has 1 amide bonds. The van der Waals surface area contributed by atoms with E-state index in [9.17, 15) is 13.2 Å². The average Bonchev–Trinajstić information content (AvgIpc) is 2.60. The third kappa shape index (κ3) is 4.81. The van der Waals surface area contributed by atoms with E-state index >= 15 is 0 Å². The van der Waals surface area contributed by atoms with Crippen molar-refractivity contribution in [2.24, 2.45) is 0 Å². The number of nitrogens with zero attached hydrogens (tertiary/aromatic N) is 4. The van der Waals surface area contributed by atoms with Gasteiger partial charge in [-0.3, -0.25) is 4.79 Å². The molecule has 27 heavy (non-hydrogen) atoms. The number of aromatic nitrogens is 2. The number of aryl methyl sites for hydroxylation is 2. The standard InChI is InChI=1S/C18H23N5O3S/c1-13-11-14(2)20-18(19-13)21-16-6-4-5-15(12-16)17(24)22-7-9-23(10-8-22)27(3,25)26/h4-6,11-12H,7-10H2,1-3H3,(H,19,20,21). The molecule has 9 heteroatoms. The number of carbonyl (C=O) groups excluding carboxylic acids is 1. The maximum absolute atomic E-state index is 12.8. The summed E-state index contributed by atoms with van der Waals surface area (Å²) in [6.45, 7) is 5.19. The van der Waals surface area contributed by atoms with E-state index in [2.05, 4.69) is 15.3 Å². The number of piperazine rings is 1. The Bertz CT molecular complexity index is 933. The SMILES string of the molecule is Cc1cc(C)nc(Nc2cccc(C(=O)N3CCN(S(C)(=O)=O)CC3)c2)n1. The molecule has 144 valence electrons. The Morgan fingerprint density at radius 2 is 1.67 bits per heavy atom. The van der Waals surface area contributed by atoms with Gasteiger partial charge in [0.2, 0.25) is 16.0 Å². The highest BCUT2D eigenvalue weighted by Crippen LogP contribution is 2.18. The molecule has 1 aromatic heterocycles. The first-order valence-electron chi connectivity index (χ1n) is 8.66. The number of sulfonamides is 1. The Balaban J connectivity index is 1.71. The van der Waals surface area contributed by atoms with Crippen molar-refractivity contribution < 1.29 is 13.2 Å². The van der Waals surface area contributed by atoms with E-state index in [1.165, 1.54) is 10.6 Å². The molecule has 1 N–H and O–H groups in total. The minimum atomic E-state index is -3.22. The van der Waals surface area contributed by atoms with Gasteiger partial charge in [-0.2, -0.15) is 4.31 Å². The molecule has 8 nitrogen and oxygen atoms in total. The minimum Gasteiger partial charge on any atom is -0.336 e. The third-order valence-corrected chi connectivity index (χ3v) is 5.65. The Labute approximate surface area is 159 Å². The van der Waals surface area contributed by atoms with Crippen molar-refractivity contribution >= 4 is 27.6 Å². The number of hydrogen-bond acceptors (Lipinski definition) is 6. The van der Waals surface area contributed by atoms with Crippen molar-refractivity contribution in [3.63, 3.8) is 0 Å². The van der Waals surface area contributed by atoms with Gasteiger partial charge in [-0.05, 0) is 38.1 Å². The van der Waals surface area contributed by atoms with Gasteiger partial charge in [0.05, 0.1) is 6.26 Å². The van der Waals surface area contributed by atoms with E-state index in [-0.39, 0.29) is 5.91 Å². The highest BCUT2D eigenvalue weighted by atomic mass is 32.2. The number of hydrogen-bond donors (Lipinski definition) is 1. The fraction of sp³-hybridized carbons (Fsp3) is 0.389. The quantitative estimate of drug-likeness (QED) is 0.853. The highest BCUT2D eigenvalue weighted by Gasteiger charge is 2.26. The van der Waals surface area contributed by atoms with Gasteiger partial charge < -0.3 is 10.2 Å². The topological polar surface area (TPSA) is 95.5 Å². The fourth-order valence-electron chi connectivity index (χ4n) is 3.05. The van der Waals surface area contributed by atoms with Crippen LogP contribution in [-0.4, -0.2) is 65.9 Å². The predicted molar refractivity (Wildman–Crippen MR) is 104 cm³/mol. The van der Waals surface area contributed by atoms with Crippen molar-refractivity contribution in [2.45, 2.75) is 13.8 Å². The molecule has 1 fully saturated rings. The molecule has 1 aliphatic heterocycles. The van der Waals surface area contributed by atoms with Gasteiger partial charge in [0.1, 0.15) is 0 Å². The lowest BCUT2D eigenvalue weighted by Crippen LogP contribution is -2.50. The van der Waals surface area contributed by atoms with Gasteiger partial charge in [-0.15, -0.1) is 0 Å². The lowest BCUT2D eigenvalue weighted by atomic mass is 10.1. The van der Waals surface area contributed by atoms with Crippen LogP contribution in [0.15, 0.2) is 30.3 Å². The number of anilines is 2. The summed E-state index contributed by atoms with van der Waals surface area (Å²) in [5.41, 5.74) is 2.99. The number of rotatable bonds is 4. The lowest BCUT2D eigenvalue weighted by molar-refractivity contribution is 0.0698. The van der Waals surface area contributed by atoms with Crippen LogP contribution in [0.4, 0.5) is 11.6 Å². The largest absolute Gasteiger partial charge is 0.336 e. The molecule has 0 atom stereocenters. The molecule has 2 heterocycles. The van der Waals surface area contributed by atoms with E-state index in [0.717, 1.165) is 17.1 Å². The summed E-state index contributed by atoms with van der Waals surface area (Å²) in [5, 5.41) is 3.13. The zero-order valence-electron chi connectivity index (χ0n) is 15.6. The maximum atomic E-state index is 12.8. The van der Waals surface area contributed by atoms with Crippen LogP contribution in [0.5, 0.6) is 0 Å². The molecule has 0 radical (unpaired) electrons. The minimum absolute atomic E-state index is 0.117. The van der Waals surface area contributed by atoms with Crippen molar-refractivity contribution in [2.75, 3.05) is 37.8 Å². The van der Waals surface area contributed by atoms with Gasteiger partial charge in [0.25, 0.3) is 5.91 Å². The number of benzene rings is 1. The monoisotopic (exact) mass is 389 g/mol. The first kappa shape index (κ1) is 19.2.